The number of rotatable bonds is 2. The van der Waals surface area contributed by atoms with Crippen LogP contribution in [0, 0.1) is 5.82 Å². The molecule has 0 saturated heterocycles. The van der Waals surface area contributed by atoms with Gasteiger partial charge in [0, 0.05) is 28.2 Å². The molecule has 2 N–H and O–H groups in total. The molecule has 1 aliphatic rings. The van der Waals surface area contributed by atoms with E-state index in [2.05, 4.69) is 10.3 Å². The van der Waals surface area contributed by atoms with Crippen LogP contribution in [0.25, 0.3) is 10.9 Å². The van der Waals surface area contributed by atoms with Gasteiger partial charge in [0.1, 0.15) is 5.82 Å². The van der Waals surface area contributed by atoms with Crippen LogP contribution in [0.15, 0.2) is 66.7 Å². The van der Waals surface area contributed by atoms with Crippen molar-refractivity contribution in [3.63, 3.8) is 0 Å². The minimum atomic E-state index is -0.405. The van der Waals surface area contributed by atoms with E-state index < -0.39 is 6.04 Å². The largest absolute Gasteiger partial charge is 0.356 e. The van der Waals surface area contributed by atoms with E-state index >= 15 is 0 Å². The summed E-state index contributed by atoms with van der Waals surface area (Å²) in [5.41, 5.74) is 4.34. The molecule has 7 heteroatoms. The zero-order chi connectivity index (χ0) is 21.5. The van der Waals surface area contributed by atoms with Crippen LogP contribution in [0.4, 0.5) is 14.9 Å². The number of carbonyl (C=O) groups is 1. The van der Waals surface area contributed by atoms with E-state index in [1.165, 1.54) is 12.1 Å². The number of benzene rings is 3. The maximum atomic E-state index is 13.6. The number of aromatic amines is 1. The number of para-hydroxylation sites is 1. The average molecular weight is 454 g/mol. The van der Waals surface area contributed by atoms with Crippen molar-refractivity contribution in [1.82, 2.24) is 9.88 Å². The van der Waals surface area contributed by atoms with Gasteiger partial charge in [-0.1, -0.05) is 47.5 Å². The number of aromatic nitrogens is 1. The Hall–Kier alpha value is -3.02. The van der Waals surface area contributed by atoms with Gasteiger partial charge >= 0.3 is 6.03 Å². The first-order valence-electron chi connectivity index (χ1n) is 9.89. The second-order valence-electron chi connectivity index (χ2n) is 7.51. The molecule has 4 aromatic rings. The standard InChI is InChI=1S/C24H18Cl2FN3O/c25-15-7-10-20-18(13-15)17-11-12-30(24(31)29-21-4-2-1-3-19(21)26)23(22(17)28-20)14-5-8-16(27)9-6-14/h1-10,13,23,28H,11-12H2,(H,29,31). The lowest BCUT2D eigenvalue weighted by Crippen LogP contribution is -2.43. The summed E-state index contributed by atoms with van der Waals surface area (Å²) in [6, 6.07) is 18.4. The van der Waals surface area contributed by atoms with Crippen LogP contribution in [0.1, 0.15) is 22.9 Å². The number of halogens is 3. The Morgan fingerprint density at radius 2 is 1.84 bits per heavy atom. The molecule has 0 spiro atoms. The van der Waals surface area contributed by atoms with Gasteiger partial charge in [0.05, 0.1) is 16.8 Å². The van der Waals surface area contributed by atoms with Gasteiger partial charge in [-0.05, 0) is 60.0 Å². The topological polar surface area (TPSA) is 48.1 Å². The Kier molecular flexibility index (Phi) is 5.08. The first kappa shape index (κ1) is 19.9. The molecule has 1 atom stereocenters. The maximum absolute atomic E-state index is 13.6. The average Bonchev–Trinajstić information content (AvgIpc) is 3.13. The fraction of sp³-hybridized carbons (Fsp3) is 0.125. The zero-order valence-electron chi connectivity index (χ0n) is 16.3. The molecule has 156 valence electrons. The van der Waals surface area contributed by atoms with Gasteiger partial charge in [-0.25, -0.2) is 9.18 Å². The zero-order valence-corrected chi connectivity index (χ0v) is 17.8. The number of amides is 2. The lowest BCUT2D eigenvalue weighted by molar-refractivity contribution is 0.193. The summed E-state index contributed by atoms with van der Waals surface area (Å²) in [5.74, 6) is -0.324. The normalized spacial score (nSPS) is 15.7. The highest BCUT2D eigenvalue weighted by Crippen LogP contribution is 2.39. The SMILES string of the molecule is O=C(Nc1ccccc1Cl)N1CCc2c([nH]c3ccc(Cl)cc23)C1c1ccc(F)cc1. The predicted octanol–water partition coefficient (Wildman–Crippen LogP) is 6.79. The van der Waals surface area contributed by atoms with Crippen LogP contribution in [-0.4, -0.2) is 22.5 Å². The molecule has 1 aromatic heterocycles. The second-order valence-corrected chi connectivity index (χ2v) is 8.36. The third kappa shape index (κ3) is 3.64. The highest BCUT2D eigenvalue weighted by molar-refractivity contribution is 6.33. The third-order valence-corrected chi connectivity index (χ3v) is 6.22. The number of anilines is 1. The molecule has 4 nitrogen and oxygen atoms in total. The molecule has 0 fully saturated rings. The molecule has 5 rings (SSSR count). The van der Waals surface area contributed by atoms with E-state index in [1.54, 1.807) is 29.2 Å². The van der Waals surface area contributed by atoms with Crippen molar-refractivity contribution < 1.29 is 9.18 Å². The van der Waals surface area contributed by atoms with Crippen molar-refractivity contribution in [3.05, 3.63) is 99.4 Å². The van der Waals surface area contributed by atoms with Gasteiger partial charge in [-0.2, -0.15) is 0 Å². The summed E-state index contributed by atoms with van der Waals surface area (Å²) in [6.07, 6.45) is 0.670. The number of hydrogen-bond donors (Lipinski definition) is 2. The molecule has 0 radical (unpaired) electrons. The summed E-state index contributed by atoms with van der Waals surface area (Å²) in [4.78, 5) is 18.5. The third-order valence-electron chi connectivity index (χ3n) is 5.65. The van der Waals surface area contributed by atoms with E-state index in [0.717, 1.165) is 27.7 Å². The van der Waals surface area contributed by atoms with Crippen molar-refractivity contribution in [2.75, 3.05) is 11.9 Å². The number of nitrogens with one attached hydrogen (secondary N) is 2. The van der Waals surface area contributed by atoms with Crippen molar-refractivity contribution >= 4 is 45.8 Å². The summed E-state index contributed by atoms with van der Waals surface area (Å²) >= 11 is 12.5. The molecule has 0 aliphatic carbocycles. The Morgan fingerprint density at radius 3 is 2.61 bits per heavy atom. The number of H-pyrrole nitrogens is 1. The molecule has 0 bridgehead atoms. The van der Waals surface area contributed by atoms with Crippen LogP contribution < -0.4 is 5.32 Å². The van der Waals surface area contributed by atoms with Gasteiger partial charge in [0.15, 0.2) is 0 Å². The molecule has 0 saturated carbocycles. The summed E-state index contributed by atoms with van der Waals surface area (Å²) < 4.78 is 13.6. The van der Waals surface area contributed by atoms with Gasteiger partial charge in [0.25, 0.3) is 0 Å². The maximum Gasteiger partial charge on any atom is 0.322 e. The van der Waals surface area contributed by atoms with Crippen LogP contribution in [0.5, 0.6) is 0 Å². The summed E-state index contributed by atoms with van der Waals surface area (Å²) in [5, 5.41) is 5.08. The van der Waals surface area contributed by atoms with Crippen molar-refractivity contribution in [2.24, 2.45) is 0 Å². The number of hydrogen-bond acceptors (Lipinski definition) is 1. The van der Waals surface area contributed by atoms with Gasteiger partial charge in [-0.3, -0.25) is 0 Å². The lowest BCUT2D eigenvalue weighted by Gasteiger charge is -2.36. The first-order chi connectivity index (χ1) is 15.0. The molecular weight excluding hydrogens is 436 g/mol. The van der Waals surface area contributed by atoms with E-state index in [1.807, 2.05) is 30.3 Å². The fourth-order valence-electron chi connectivity index (χ4n) is 4.22. The van der Waals surface area contributed by atoms with Crippen LogP contribution in [0.2, 0.25) is 10.0 Å². The molecule has 2 heterocycles. The van der Waals surface area contributed by atoms with Crippen molar-refractivity contribution in [1.29, 1.82) is 0 Å². The smallest absolute Gasteiger partial charge is 0.322 e. The number of fused-ring (bicyclic) bond motifs is 3. The van der Waals surface area contributed by atoms with E-state index in [4.69, 9.17) is 23.2 Å². The minimum absolute atomic E-state index is 0.273. The molecule has 2 amide bonds. The number of urea groups is 1. The quantitative estimate of drug-likeness (QED) is 0.344. The highest BCUT2D eigenvalue weighted by Gasteiger charge is 2.34. The monoisotopic (exact) mass is 453 g/mol. The van der Waals surface area contributed by atoms with Crippen molar-refractivity contribution in [2.45, 2.75) is 12.5 Å². The van der Waals surface area contributed by atoms with Crippen molar-refractivity contribution in [3.8, 4) is 0 Å². The Labute approximate surface area is 188 Å². The molecular formula is C24H18Cl2FN3O. The molecule has 3 aromatic carbocycles. The number of nitrogens with zero attached hydrogens (tertiary/aromatic N) is 1. The Morgan fingerprint density at radius 1 is 1.06 bits per heavy atom. The van der Waals surface area contributed by atoms with Gasteiger partial charge in [0.2, 0.25) is 0 Å². The molecule has 31 heavy (non-hydrogen) atoms. The Balaban J connectivity index is 1.60. The van der Waals surface area contributed by atoms with E-state index in [-0.39, 0.29) is 11.8 Å². The number of carbonyl (C=O) groups excluding carboxylic acids is 1. The van der Waals surface area contributed by atoms with E-state index in [0.29, 0.717) is 28.7 Å². The van der Waals surface area contributed by atoms with Crippen LogP contribution in [-0.2, 0) is 6.42 Å². The summed E-state index contributed by atoms with van der Waals surface area (Å²) in [6.45, 7) is 0.491. The van der Waals surface area contributed by atoms with Crippen LogP contribution in [0.3, 0.4) is 0 Å². The van der Waals surface area contributed by atoms with Gasteiger partial charge in [-0.15, -0.1) is 0 Å². The summed E-state index contributed by atoms with van der Waals surface area (Å²) in [7, 11) is 0. The molecule has 1 aliphatic heterocycles. The lowest BCUT2D eigenvalue weighted by atomic mass is 9.92. The molecule has 1 unspecified atom stereocenters. The van der Waals surface area contributed by atoms with Crippen LogP contribution >= 0.6 is 23.2 Å². The Bertz CT molecular complexity index is 1290. The predicted molar refractivity (Wildman–Crippen MR) is 122 cm³/mol. The van der Waals surface area contributed by atoms with E-state index in [9.17, 15) is 9.18 Å². The minimum Gasteiger partial charge on any atom is -0.356 e. The first-order valence-corrected chi connectivity index (χ1v) is 10.6. The second kappa shape index (κ2) is 7.91. The highest BCUT2D eigenvalue weighted by atomic mass is 35.5. The fourth-order valence-corrected chi connectivity index (χ4v) is 4.58. The van der Waals surface area contributed by atoms with Gasteiger partial charge < -0.3 is 15.2 Å².